The third-order valence-electron chi connectivity index (χ3n) is 5.35. The summed E-state index contributed by atoms with van der Waals surface area (Å²) in [5.41, 5.74) is 1.21. The van der Waals surface area contributed by atoms with Crippen LogP contribution in [-0.2, 0) is 6.54 Å². The number of benzene rings is 1. The zero-order chi connectivity index (χ0) is 20.4. The largest absolute Gasteiger partial charge is 0.291 e. The second-order valence-electron chi connectivity index (χ2n) is 7.79. The molecule has 5 nitrogen and oxygen atoms in total. The minimum atomic E-state index is -0.590. The number of hydrogen-bond acceptors (Lipinski definition) is 4. The Morgan fingerprint density at radius 3 is 2.59 bits per heavy atom. The molecular weight excluding hydrogens is 372 g/mol. The molecule has 0 aliphatic carbocycles. The van der Waals surface area contributed by atoms with Gasteiger partial charge in [-0.3, -0.25) is 9.88 Å². The molecule has 29 heavy (non-hydrogen) atoms. The smallest absolute Gasteiger partial charge is 0.200 e. The Morgan fingerprint density at radius 2 is 1.90 bits per heavy atom. The molecule has 1 unspecified atom stereocenters. The highest BCUT2D eigenvalue weighted by molar-refractivity contribution is 5.48. The second-order valence-corrected chi connectivity index (χ2v) is 7.79. The monoisotopic (exact) mass is 397 g/mol. The molecule has 4 rings (SSSR count). The lowest BCUT2D eigenvalue weighted by molar-refractivity contribution is 0.103. The maximum atomic E-state index is 13.7. The topological polar surface area (TPSA) is 46.8 Å². The van der Waals surface area contributed by atoms with Crippen molar-refractivity contribution in [2.75, 3.05) is 6.54 Å². The molecule has 0 N–H and O–H groups in total. The van der Waals surface area contributed by atoms with E-state index < -0.39 is 11.6 Å². The van der Waals surface area contributed by atoms with Crippen LogP contribution < -0.4 is 0 Å². The maximum absolute atomic E-state index is 13.7. The summed E-state index contributed by atoms with van der Waals surface area (Å²) in [5, 5.41) is 4.68. The summed E-state index contributed by atoms with van der Waals surface area (Å²) in [4.78, 5) is 11.6. The summed E-state index contributed by atoms with van der Waals surface area (Å²) in [5.74, 6) is 0.177. The Hall–Kier alpha value is -2.67. The molecule has 1 atom stereocenters. The summed E-state index contributed by atoms with van der Waals surface area (Å²) in [7, 11) is 0. The van der Waals surface area contributed by atoms with Gasteiger partial charge in [-0.2, -0.15) is 0 Å². The molecule has 152 valence electrons. The molecule has 0 radical (unpaired) electrons. The standard InChI is InChI=1S/C22H25F2N5/c1-15(2)28-10-6-4-8-20(28)22-26-21(19-7-3-5-9-25-19)27-29(22)14-16-11-17(23)13-18(24)12-16/h3,5,7,9,11-13,15,20H,4,6,8,10,14H2,1-2H3. The quantitative estimate of drug-likeness (QED) is 0.631. The van der Waals surface area contributed by atoms with Crippen molar-refractivity contribution in [1.82, 2.24) is 24.6 Å². The molecule has 0 amide bonds. The molecule has 1 aliphatic heterocycles. The van der Waals surface area contributed by atoms with Crippen LogP contribution in [0.5, 0.6) is 0 Å². The molecule has 3 heterocycles. The van der Waals surface area contributed by atoms with Crippen LogP contribution in [0.1, 0.15) is 50.5 Å². The van der Waals surface area contributed by atoms with Gasteiger partial charge in [-0.15, -0.1) is 5.10 Å². The van der Waals surface area contributed by atoms with Crippen molar-refractivity contribution >= 4 is 0 Å². The molecule has 7 heteroatoms. The minimum absolute atomic E-state index is 0.118. The van der Waals surface area contributed by atoms with E-state index >= 15 is 0 Å². The number of piperidine rings is 1. The van der Waals surface area contributed by atoms with Crippen LogP contribution in [0, 0.1) is 11.6 Å². The number of aromatic nitrogens is 4. The van der Waals surface area contributed by atoms with Gasteiger partial charge in [0.2, 0.25) is 0 Å². The first-order valence-electron chi connectivity index (χ1n) is 10.1. The predicted octanol–water partition coefficient (Wildman–Crippen LogP) is 4.60. The van der Waals surface area contributed by atoms with Gasteiger partial charge in [-0.25, -0.2) is 18.4 Å². The van der Waals surface area contributed by atoms with Crippen LogP contribution in [0.4, 0.5) is 8.78 Å². The maximum Gasteiger partial charge on any atom is 0.200 e. The molecule has 0 spiro atoms. The highest BCUT2D eigenvalue weighted by Crippen LogP contribution is 2.32. The van der Waals surface area contributed by atoms with Gasteiger partial charge in [0, 0.05) is 18.3 Å². The van der Waals surface area contributed by atoms with Crippen LogP contribution in [0.2, 0.25) is 0 Å². The van der Waals surface area contributed by atoms with Gasteiger partial charge in [0.1, 0.15) is 23.2 Å². The summed E-state index contributed by atoms with van der Waals surface area (Å²) in [6.07, 6.45) is 4.97. The van der Waals surface area contributed by atoms with Gasteiger partial charge in [-0.1, -0.05) is 12.5 Å². The van der Waals surface area contributed by atoms with E-state index in [9.17, 15) is 8.78 Å². The molecule has 1 aliphatic rings. The van der Waals surface area contributed by atoms with E-state index in [1.807, 2.05) is 18.2 Å². The Labute approximate surface area is 169 Å². The third kappa shape index (κ3) is 4.34. The number of hydrogen-bond donors (Lipinski definition) is 0. The van der Waals surface area contributed by atoms with Crippen LogP contribution in [0.3, 0.4) is 0 Å². The summed E-state index contributed by atoms with van der Waals surface area (Å²) in [6.45, 7) is 5.62. The molecule has 3 aromatic rings. The normalized spacial score (nSPS) is 17.8. The first-order valence-corrected chi connectivity index (χ1v) is 10.1. The lowest BCUT2D eigenvalue weighted by Crippen LogP contribution is -2.39. The number of halogens is 2. The van der Waals surface area contributed by atoms with E-state index in [0.29, 0.717) is 23.1 Å². The van der Waals surface area contributed by atoms with E-state index in [4.69, 9.17) is 4.98 Å². The van der Waals surface area contributed by atoms with Crippen LogP contribution in [0.15, 0.2) is 42.6 Å². The Bertz CT molecular complexity index is 950. The van der Waals surface area contributed by atoms with E-state index in [0.717, 1.165) is 37.7 Å². The summed E-state index contributed by atoms with van der Waals surface area (Å²) >= 11 is 0. The Morgan fingerprint density at radius 1 is 1.10 bits per heavy atom. The number of nitrogens with zero attached hydrogens (tertiary/aromatic N) is 5. The third-order valence-corrected chi connectivity index (χ3v) is 5.35. The van der Waals surface area contributed by atoms with E-state index in [-0.39, 0.29) is 12.6 Å². The van der Waals surface area contributed by atoms with Gasteiger partial charge in [0.15, 0.2) is 5.82 Å². The van der Waals surface area contributed by atoms with Crippen molar-refractivity contribution in [3.8, 4) is 11.5 Å². The molecule has 1 fully saturated rings. The predicted molar refractivity (Wildman–Crippen MR) is 107 cm³/mol. The van der Waals surface area contributed by atoms with Gasteiger partial charge >= 0.3 is 0 Å². The summed E-state index contributed by atoms with van der Waals surface area (Å²) in [6, 6.07) is 9.66. The highest BCUT2D eigenvalue weighted by atomic mass is 19.1. The zero-order valence-corrected chi connectivity index (χ0v) is 16.7. The lowest BCUT2D eigenvalue weighted by Gasteiger charge is -2.38. The van der Waals surface area contributed by atoms with Crippen LogP contribution in [0.25, 0.3) is 11.5 Å². The first kappa shape index (κ1) is 19.6. The molecular formula is C22H25F2N5. The molecule has 0 bridgehead atoms. The highest BCUT2D eigenvalue weighted by Gasteiger charge is 2.31. The van der Waals surface area contributed by atoms with Crippen molar-refractivity contribution in [3.63, 3.8) is 0 Å². The van der Waals surface area contributed by atoms with Crippen LogP contribution in [-0.4, -0.2) is 37.2 Å². The second kappa shape index (κ2) is 8.37. The summed E-state index contributed by atoms with van der Waals surface area (Å²) < 4.78 is 29.2. The van der Waals surface area contributed by atoms with Gasteiger partial charge in [-0.05, 0) is 63.1 Å². The van der Waals surface area contributed by atoms with E-state index in [2.05, 4.69) is 28.8 Å². The van der Waals surface area contributed by atoms with Crippen molar-refractivity contribution in [2.24, 2.45) is 0 Å². The lowest BCUT2D eigenvalue weighted by atomic mass is 9.99. The fraction of sp³-hybridized carbons (Fsp3) is 0.409. The fourth-order valence-corrected chi connectivity index (χ4v) is 4.04. The van der Waals surface area contributed by atoms with Gasteiger partial charge in [0.25, 0.3) is 0 Å². The Balaban J connectivity index is 1.76. The van der Waals surface area contributed by atoms with E-state index in [1.165, 1.54) is 12.1 Å². The van der Waals surface area contributed by atoms with Gasteiger partial charge in [0.05, 0.1) is 12.6 Å². The van der Waals surface area contributed by atoms with E-state index in [1.54, 1.807) is 10.9 Å². The molecule has 2 aromatic heterocycles. The molecule has 0 saturated carbocycles. The van der Waals surface area contributed by atoms with Crippen molar-refractivity contribution in [2.45, 2.75) is 51.7 Å². The number of rotatable bonds is 5. The van der Waals surface area contributed by atoms with Gasteiger partial charge < -0.3 is 0 Å². The minimum Gasteiger partial charge on any atom is -0.291 e. The number of likely N-dealkylation sites (tertiary alicyclic amines) is 1. The zero-order valence-electron chi connectivity index (χ0n) is 16.7. The first-order chi connectivity index (χ1) is 14.0. The van der Waals surface area contributed by atoms with Crippen molar-refractivity contribution in [1.29, 1.82) is 0 Å². The van der Waals surface area contributed by atoms with Crippen LogP contribution >= 0.6 is 0 Å². The average molecular weight is 397 g/mol. The molecule has 1 saturated heterocycles. The number of pyridine rings is 1. The van der Waals surface area contributed by atoms with Crippen molar-refractivity contribution < 1.29 is 8.78 Å². The average Bonchev–Trinajstić information content (AvgIpc) is 3.11. The van der Waals surface area contributed by atoms with Crippen molar-refractivity contribution in [3.05, 3.63) is 65.6 Å². The fourth-order valence-electron chi connectivity index (χ4n) is 4.04. The Kier molecular flexibility index (Phi) is 5.67. The SMILES string of the molecule is CC(C)N1CCCCC1c1nc(-c2ccccn2)nn1Cc1cc(F)cc(F)c1. The molecule has 1 aromatic carbocycles.